The van der Waals surface area contributed by atoms with Gasteiger partial charge < -0.3 is 5.32 Å². The van der Waals surface area contributed by atoms with Gasteiger partial charge in [0.15, 0.2) is 0 Å². The van der Waals surface area contributed by atoms with Crippen LogP contribution in [0.5, 0.6) is 0 Å². The first-order valence-corrected chi connectivity index (χ1v) is 9.73. The van der Waals surface area contributed by atoms with Crippen LogP contribution >= 0.6 is 11.6 Å². The van der Waals surface area contributed by atoms with E-state index in [0.717, 1.165) is 6.42 Å². The number of anilines is 2. The van der Waals surface area contributed by atoms with Gasteiger partial charge in [-0.1, -0.05) is 23.7 Å². The van der Waals surface area contributed by atoms with Crippen molar-refractivity contribution in [2.75, 3.05) is 21.9 Å². The SMILES string of the molecule is O=C(Nc1ccccc1F)c1cc(N2CCCCS2(=O)=O)ccc1Cl. The van der Waals surface area contributed by atoms with Gasteiger partial charge in [0.25, 0.3) is 5.91 Å². The van der Waals surface area contributed by atoms with Crippen LogP contribution in [0.1, 0.15) is 23.2 Å². The molecule has 0 aromatic heterocycles. The number of sulfonamides is 1. The van der Waals surface area contributed by atoms with E-state index in [4.69, 9.17) is 11.6 Å². The lowest BCUT2D eigenvalue weighted by Crippen LogP contribution is -2.38. The molecule has 3 rings (SSSR count). The van der Waals surface area contributed by atoms with Crippen molar-refractivity contribution in [2.45, 2.75) is 12.8 Å². The Labute approximate surface area is 150 Å². The molecule has 1 saturated heterocycles. The van der Waals surface area contributed by atoms with Gasteiger partial charge in [-0.15, -0.1) is 0 Å². The molecular formula is C17H16ClFN2O3S. The van der Waals surface area contributed by atoms with Crippen LogP contribution in [-0.4, -0.2) is 26.6 Å². The molecule has 1 aliphatic rings. The maximum atomic E-state index is 13.7. The fourth-order valence-corrected chi connectivity index (χ4v) is 4.51. The van der Waals surface area contributed by atoms with Crippen molar-refractivity contribution in [1.82, 2.24) is 0 Å². The molecule has 1 aliphatic heterocycles. The number of hydrogen-bond donors (Lipinski definition) is 1. The predicted molar refractivity (Wildman–Crippen MR) is 96.2 cm³/mol. The Balaban J connectivity index is 1.92. The molecule has 0 atom stereocenters. The zero-order valence-corrected chi connectivity index (χ0v) is 14.8. The van der Waals surface area contributed by atoms with Crippen molar-refractivity contribution in [1.29, 1.82) is 0 Å². The number of halogens is 2. The van der Waals surface area contributed by atoms with E-state index in [1.54, 1.807) is 12.1 Å². The Morgan fingerprint density at radius 3 is 2.64 bits per heavy atom. The average Bonchev–Trinajstić information content (AvgIpc) is 2.57. The summed E-state index contributed by atoms with van der Waals surface area (Å²) in [5, 5.41) is 2.61. The van der Waals surface area contributed by atoms with Crippen molar-refractivity contribution in [3.05, 3.63) is 58.9 Å². The number of rotatable bonds is 3. The highest BCUT2D eigenvalue weighted by Gasteiger charge is 2.27. The molecular weight excluding hydrogens is 367 g/mol. The van der Waals surface area contributed by atoms with Gasteiger partial charge >= 0.3 is 0 Å². The van der Waals surface area contributed by atoms with Crippen LogP contribution < -0.4 is 9.62 Å². The van der Waals surface area contributed by atoms with E-state index in [2.05, 4.69) is 5.32 Å². The molecule has 0 aliphatic carbocycles. The molecule has 1 heterocycles. The number of hydrogen-bond acceptors (Lipinski definition) is 3. The lowest BCUT2D eigenvalue weighted by Gasteiger charge is -2.28. The summed E-state index contributed by atoms with van der Waals surface area (Å²) in [4.78, 5) is 12.5. The predicted octanol–water partition coefficient (Wildman–Crippen LogP) is 3.66. The second-order valence-electron chi connectivity index (χ2n) is 5.69. The molecule has 5 nitrogen and oxygen atoms in total. The van der Waals surface area contributed by atoms with Gasteiger partial charge in [-0.2, -0.15) is 0 Å². The third-order valence-electron chi connectivity index (χ3n) is 3.95. The highest BCUT2D eigenvalue weighted by atomic mass is 35.5. The van der Waals surface area contributed by atoms with Gasteiger partial charge in [0.2, 0.25) is 10.0 Å². The summed E-state index contributed by atoms with van der Waals surface area (Å²) in [6, 6.07) is 10.2. The summed E-state index contributed by atoms with van der Waals surface area (Å²) in [5.74, 6) is -1.10. The smallest absolute Gasteiger partial charge is 0.257 e. The first-order chi connectivity index (χ1) is 11.9. The summed E-state index contributed by atoms with van der Waals surface area (Å²) in [7, 11) is -3.40. The number of amides is 1. The standard InChI is InChI=1S/C17H16ClFN2O3S/c18-14-8-7-12(21-9-3-4-10-25(21,23)24)11-13(14)17(22)20-16-6-2-1-5-15(16)19/h1-2,5-8,11H,3-4,9-10H2,(H,20,22). The minimum absolute atomic E-state index is 0.0274. The van der Waals surface area contributed by atoms with E-state index in [0.29, 0.717) is 18.7 Å². The Bertz CT molecular complexity index is 918. The Kier molecular flexibility index (Phi) is 4.96. The van der Waals surface area contributed by atoms with E-state index in [1.165, 1.54) is 34.6 Å². The number of benzene rings is 2. The van der Waals surface area contributed by atoms with Crippen LogP contribution in [0, 0.1) is 5.82 Å². The minimum Gasteiger partial charge on any atom is -0.319 e. The van der Waals surface area contributed by atoms with Crippen LogP contribution in [0.3, 0.4) is 0 Å². The van der Waals surface area contributed by atoms with Crippen molar-refractivity contribution < 1.29 is 17.6 Å². The first kappa shape index (κ1) is 17.7. The third kappa shape index (κ3) is 3.77. The second kappa shape index (κ2) is 7.01. The summed E-state index contributed by atoms with van der Waals surface area (Å²) < 4.78 is 39.4. The van der Waals surface area contributed by atoms with Gasteiger partial charge in [-0.3, -0.25) is 9.10 Å². The normalized spacial score (nSPS) is 16.5. The van der Waals surface area contributed by atoms with Crippen LogP contribution in [0.25, 0.3) is 0 Å². The molecule has 1 fully saturated rings. The molecule has 132 valence electrons. The quantitative estimate of drug-likeness (QED) is 0.880. The fourth-order valence-electron chi connectivity index (χ4n) is 2.67. The van der Waals surface area contributed by atoms with Gasteiger partial charge in [0.05, 0.1) is 27.7 Å². The van der Waals surface area contributed by atoms with E-state index >= 15 is 0 Å². The largest absolute Gasteiger partial charge is 0.319 e. The van der Waals surface area contributed by atoms with Crippen molar-refractivity contribution in [3.63, 3.8) is 0 Å². The molecule has 0 unspecified atom stereocenters. The number of carbonyl (C=O) groups is 1. The molecule has 2 aromatic rings. The molecule has 25 heavy (non-hydrogen) atoms. The van der Waals surface area contributed by atoms with Gasteiger partial charge in [-0.25, -0.2) is 12.8 Å². The highest BCUT2D eigenvalue weighted by molar-refractivity contribution is 7.92. The number of nitrogens with one attached hydrogen (secondary N) is 1. The lowest BCUT2D eigenvalue weighted by atomic mass is 10.1. The first-order valence-electron chi connectivity index (χ1n) is 7.74. The molecule has 1 N–H and O–H groups in total. The van der Waals surface area contributed by atoms with Gasteiger partial charge in [0.1, 0.15) is 5.82 Å². The molecule has 0 bridgehead atoms. The van der Waals surface area contributed by atoms with Crippen LogP contribution in [-0.2, 0) is 10.0 Å². The lowest BCUT2D eigenvalue weighted by molar-refractivity contribution is 0.102. The highest BCUT2D eigenvalue weighted by Crippen LogP contribution is 2.28. The molecule has 8 heteroatoms. The number of carbonyl (C=O) groups excluding carboxylic acids is 1. The Morgan fingerprint density at radius 2 is 1.92 bits per heavy atom. The summed E-state index contributed by atoms with van der Waals surface area (Å²) in [5.41, 5.74) is 0.491. The molecule has 0 spiro atoms. The van der Waals surface area contributed by atoms with E-state index in [-0.39, 0.29) is 22.0 Å². The average molecular weight is 383 g/mol. The molecule has 1 amide bonds. The van der Waals surface area contributed by atoms with Crippen LogP contribution in [0.15, 0.2) is 42.5 Å². The van der Waals surface area contributed by atoms with Crippen LogP contribution in [0.4, 0.5) is 15.8 Å². The fraction of sp³-hybridized carbons (Fsp3) is 0.235. The second-order valence-corrected chi connectivity index (χ2v) is 8.11. The Hall–Kier alpha value is -2.12. The maximum Gasteiger partial charge on any atom is 0.257 e. The zero-order chi connectivity index (χ0) is 18.0. The van der Waals surface area contributed by atoms with Crippen molar-refractivity contribution in [2.24, 2.45) is 0 Å². The molecule has 2 aromatic carbocycles. The van der Waals surface area contributed by atoms with Gasteiger partial charge in [-0.05, 0) is 43.2 Å². The number of nitrogens with zero attached hydrogens (tertiary/aromatic N) is 1. The number of para-hydroxylation sites is 1. The zero-order valence-electron chi connectivity index (χ0n) is 13.2. The van der Waals surface area contributed by atoms with E-state index < -0.39 is 21.7 Å². The molecule has 0 saturated carbocycles. The Morgan fingerprint density at radius 1 is 1.16 bits per heavy atom. The summed E-state index contributed by atoms with van der Waals surface area (Å²) in [6.45, 7) is 0.359. The maximum absolute atomic E-state index is 13.7. The monoisotopic (exact) mass is 382 g/mol. The summed E-state index contributed by atoms with van der Waals surface area (Å²) >= 11 is 6.08. The third-order valence-corrected chi connectivity index (χ3v) is 6.15. The minimum atomic E-state index is -3.40. The van der Waals surface area contributed by atoms with Crippen molar-refractivity contribution >= 4 is 38.9 Å². The summed E-state index contributed by atoms with van der Waals surface area (Å²) in [6.07, 6.45) is 1.37. The van der Waals surface area contributed by atoms with Crippen LogP contribution in [0.2, 0.25) is 5.02 Å². The van der Waals surface area contributed by atoms with Gasteiger partial charge in [0, 0.05) is 6.54 Å². The van der Waals surface area contributed by atoms with E-state index in [9.17, 15) is 17.6 Å². The van der Waals surface area contributed by atoms with Crippen molar-refractivity contribution in [3.8, 4) is 0 Å². The van der Waals surface area contributed by atoms with E-state index in [1.807, 2.05) is 0 Å². The topological polar surface area (TPSA) is 66.5 Å². The molecule has 0 radical (unpaired) electrons.